The minimum absolute atomic E-state index is 0.0258. The van der Waals surface area contributed by atoms with Crippen LogP contribution in [-0.2, 0) is 4.79 Å². The molecule has 1 aliphatic rings. The van der Waals surface area contributed by atoms with Crippen molar-refractivity contribution in [1.29, 1.82) is 0 Å². The summed E-state index contributed by atoms with van der Waals surface area (Å²) in [6, 6.07) is -0.460. The molecule has 1 saturated heterocycles. The smallest absolute Gasteiger partial charge is 0.328 e. The summed E-state index contributed by atoms with van der Waals surface area (Å²) >= 11 is 1.10. The van der Waals surface area contributed by atoms with Gasteiger partial charge in [0.1, 0.15) is 5.51 Å². The van der Waals surface area contributed by atoms with Crippen molar-refractivity contribution < 1.29 is 9.59 Å². The lowest BCUT2D eigenvalue weighted by molar-refractivity contribution is -0.115. The van der Waals surface area contributed by atoms with E-state index in [1.54, 1.807) is 0 Å². The Morgan fingerprint density at radius 3 is 2.92 bits per heavy atom. The highest BCUT2D eigenvalue weighted by Crippen LogP contribution is 2.11. The van der Waals surface area contributed by atoms with Crippen LogP contribution in [0.3, 0.4) is 0 Å². The van der Waals surface area contributed by atoms with Gasteiger partial charge in [0.15, 0.2) is 0 Å². The van der Waals surface area contributed by atoms with E-state index in [2.05, 4.69) is 14.7 Å². The van der Waals surface area contributed by atoms with Crippen molar-refractivity contribution in [2.75, 3.05) is 11.4 Å². The molecule has 1 aromatic heterocycles. The number of hydrogen-bond donors (Lipinski definition) is 1. The fourth-order valence-corrected chi connectivity index (χ4v) is 1.30. The Balaban J connectivity index is 2.34. The zero-order valence-corrected chi connectivity index (χ0v) is 6.67. The predicted octanol–water partition coefficient (Wildman–Crippen LogP) is -0.406. The molecule has 1 fully saturated rings. The van der Waals surface area contributed by atoms with E-state index < -0.39 is 6.03 Å². The molecule has 0 atom stereocenters. The van der Waals surface area contributed by atoms with Crippen LogP contribution in [0.1, 0.15) is 0 Å². The van der Waals surface area contributed by atoms with Crippen molar-refractivity contribution in [3.63, 3.8) is 0 Å². The molecule has 7 heteroatoms. The number of imide groups is 1. The standard InChI is InChI=1S/C5H4N4O2S/c10-3-1-6-5(11)9(3)4-7-2-12-8-4/h2H,1H2,(H,6,11). The number of amides is 3. The van der Waals surface area contributed by atoms with Crippen molar-refractivity contribution in [1.82, 2.24) is 14.7 Å². The number of nitrogens with zero attached hydrogens (tertiary/aromatic N) is 3. The van der Waals surface area contributed by atoms with E-state index in [0.717, 1.165) is 16.4 Å². The molecular formula is C5H4N4O2S. The van der Waals surface area contributed by atoms with Crippen LogP contribution in [0.2, 0.25) is 0 Å². The molecule has 6 nitrogen and oxygen atoms in total. The molecule has 2 rings (SSSR count). The number of anilines is 1. The van der Waals surface area contributed by atoms with Gasteiger partial charge in [-0.2, -0.15) is 9.27 Å². The lowest BCUT2D eigenvalue weighted by atomic mass is 10.6. The molecule has 2 heterocycles. The van der Waals surface area contributed by atoms with Gasteiger partial charge in [-0.15, -0.1) is 0 Å². The van der Waals surface area contributed by atoms with Gasteiger partial charge in [0.2, 0.25) is 0 Å². The molecule has 0 radical (unpaired) electrons. The van der Waals surface area contributed by atoms with Crippen molar-refractivity contribution >= 4 is 29.4 Å². The third-order valence-corrected chi connectivity index (χ3v) is 1.86. The summed E-state index contributed by atoms with van der Waals surface area (Å²) in [5.74, 6) is -0.168. The fraction of sp³-hybridized carbons (Fsp3) is 0.200. The number of urea groups is 1. The van der Waals surface area contributed by atoms with E-state index in [1.165, 1.54) is 5.51 Å². The highest BCUT2D eigenvalue weighted by atomic mass is 32.1. The number of carbonyl (C=O) groups is 2. The summed E-state index contributed by atoms with van der Waals surface area (Å²) in [4.78, 5) is 26.7. The zero-order chi connectivity index (χ0) is 8.55. The summed E-state index contributed by atoms with van der Waals surface area (Å²) in [5.41, 5.74) is 1.47. The maximum Gasteiger partial charge on any atom is 0.331 e. The van der Waals surface area contributed by atoms with Crippen LogP contribution in [0.5, 0.6) is 0 Å². The first kappa shape index (κ1) is 7.17. The van der Waals surface area contributed by atoms with Gasteiger partial charge in [-0.1, -0.05) is 0 Å². The number of rotatable bonds is 1. The highest BCUT2D eigenvalue weighted by molar-refractivity contribution is 7.03. The molecule has 0 aliphatic carbocycles. The Morgan fingerprint density at radius 1 is 1.58 bits per heavy atom. The molecule has 0 bridgehead atoms. The summed E-state index contributed by atoms with van der Waals surface area (Å²) < 4.78 is 3.77. The lowest BCUT2D eigenvalue weighted by Gasteiger charge is -2.04. The average molecular weight is 184 g/mol. The van der Waals surface area contributed by atoms with E-state index in [-0.39, 0.29) is 18.4 Å². The van der Waals surface area contributed by atoms with Crippen LogP contribution in [0.4, 0.5) is 10.7 Å². The second kappa shape index (κ2) is 2.52. The monoisotopic (exact) mass is 184 g/mol. The van der Waals surface area contributed by atoms with Gasteiger partial charge in [-0.3, -0.25) is 4.79 Å². The Morgan fingerprint density at radius 2 is 2.42 bits per heavy atom. The van der Waals surface area contributed by atoms with Gasteiger partial charge in [0.05, 0.1) is 6.54 Å². The normalized spacial score (nSPS) is 16.8. The molecule has 3 amide bonds. The molecule has 0 saturated carbocycles. The van der Waals surface area contributed by atoms with Gasteiger partial charge in [0.25, 0.3) is 11.9 Å². The highest BCUT2D eigenvalue weighted by Gasteiger charge is 2.32. The van der Waals surface area contributed by atoms with Crippen molar-refractivity contribution in [3.8, 4) is 0 Å². The quantitative estimate of drug-likeness (QED) is 0.602. The number of nitrogens with one attached hydrogen (secondary N) is 1. The summed E-state index contributed by atoms with van der Waals surface area (Å²) in [6.07, 6.45) is 0. The summed E-state index contributed by atoms with van der Waals surface area (Å²) in [7, 11) is 0. The Hall–Kier alpha value is -1.50. The molecule has 62 valence electrons. The Kier molecular flexibility index (Phi) is 1.51. The minimum Gasteiger partial charge on any atom is -0.328 e. The fourth-order valence-electron chi connectivity index (χ4n) is 0.889. The van der Waals surface area contributed by atoms with Crippen LogP contribution >= 0.6 is 11.5 Å². The zero-order valence-electron chi connectivity index (χ0n) is 5.85. The topological polar surface area (TPSA) is 75.2 Å². The number of carbonyl (C=O) groups excluding carboxylic acids is 2. The van der Waals surface area contributed by atoms with Crippen LogP contribution < -0.4 is 10.2 Å². The molecule has 12 heavy (non-hydrogen) atoms. The van der Waals surface area contributed by atoms with E-state index in [0.29, 0.717) is 0 Å². The van der Waals surface area contributed by atoms with E-state index in [9.17, 15) is 9.59 Å². The Bertz CT molecular complexity index is 306. The van der Waals surface area contributed by atoms with Gasteiger partial charge < -0.3 is 5.32 Å². The van der Waals surface area contributed by atoms with Gasteiger partial charge >= 0.3 is 6.03 Å². The minimum atomic E-state index is -0.460. The first-order chi connectivity index (χ1) is 5.79. The SMILES string of the molecule is O=C1CNC(=O)N1c1ncsn1. The largest absolute Gasteiger partial charge is 0.331 e. The van der Waals surface area contributed by atoms with Crippen LogP contribution in [-0.4, -0.2) is 27.8 Å². The molecular weight excluding hydrogens is 180 g/mol. The first-order valence-electron chi connectivity index (χ1n) is 3.16. The maximum atomic E-state index is 11.1. The van der Waals surface area contributed by atoms with Crippen LogP contribution in [0.25, 0.3) is 0 Å². The maximum absolute atomic E-state index is 11.1. The van der Waals surface area contributed by atoms with E-state index in [1.807, 2.05) is 0 Å². The van der Waals surface area contributed by atoms with E-state index in [4.69, 9.17) is 0 Å². The third-order valence-electron chi connectivity index (χ3n) is 1.39. The number of aromatic nitrogens is 2. The molecule has 1 aliphatic heterocycles. The average Bonchev–Trinajstić information content (AvgIpc) is 2.61. The second-order valence-electron chi connectivity index (χ2n) is 2.12. The van der Waals surface area contributed by atoms with Crippen molar-refractivity contribution in [3.05, 3.63) is 5.51 Å². The summed E-state index contributed by atoms with van der Waals surface area (Å²) in [6.45, 7) is 0.0258. The molecule has 1 aromatic rings. The van der Waals surface area contributed by atoms with Crippen LogP contribution in [0.15, 0.2) is 5.51 Å². The van der Waals surface area contributed by atoms with Gasteiger partial charge in [0, 0.05) is 0 Å². The molecule has 0 spiro atoms. The Labute approximate surface area is 71.4 Å². The van der Waals surface area contributed by atoms with Crippen LogP contribution in [0, 0.1) is 0 Å². The summed E-state index contributed by atoms with van der Waals surface area (Å²) in [5, 5.41) is 2.37. The lowest BCUT2D eigenvalue weighted by Crippen LogP contribution is -2.31. The molecule has 0 aromatic carbocycles. The first-order valence-corrected chi connectivity index (χ1v) is 4.00. The third kappa shape index (κ3) is 0.944. The molecule has 0 unspecified atom stereocenters. The van der Waals surface area contributed by atoms with Crippen molar-refractivity contribution in [2.24, 2.45) is 0 Å². The van der Waals surface area contributed by atoms with Gasteiger partial charge in [-0.25, -0.2) is 9.78 Å². The van der Waals surface area contributed by atoms with Crippen molar-refractivity contribution in [2.45, 2.75) is 0 Å². The molecule has 1 N–H and O–H groups in total. The predicted molar refractivity (Wildman–Crippen MR) is 40.8 cm³/mol. The number of hydrogen-bond acceptors (Lipinski definition) is 5. The van der Waals surface area contributed by atoms with E-state index >= 15 is 0 Å². The van der Waals surface area contributed by atoms with Gasteiger partial charge in [-0.05, 0) is 11.5 Å². The second-order valence-corrected chi connectivity index (χ2v) is 2.72.